The number of carbonyl (C=O) groups is 1. The van der Waals surface area contributed by atoms with Gasteiger partial charge in [0, 0.05) is 6.54 Å². The van der Waals surface area contributed by atoms with Crippen molar-refractivity contribution in [2.75, 3.05) is 13.1 Å². The number of amides is 1. The molecular formula is C14H19F3N2O. The van der Waals surface area contributed by atoms with Gasteiger partial charge in [-0.15, -0.1) is 0 Å². The van der Waals surface area contributed by atoms with Crippen LogP contribution in [-0.2, 0) is 4.79 Å². The standard InChI is InChI=1S/C14H19F3N2O/c1-10(2)8-18-12(20)9-19-13(14(15,16)17)11-6-4-3-5-7-11/h3-7,10,13,19H,8-9H2,1-2H3,(H,18,20). The molecule has 3 nitrogen and oxygen atoms in total. The molecule has 0 bridgehead atoms. The topological polar surface area (TPSA) is 41.1 Å². The minimum Gasteiger partial charge on any atom is -0.355 e. The molecule has 0 heterocycles. The van der Waals surface area contributed by atoms with Crippen LogP contribution in [0.5, 0.6) is 0 Å². The molecule has 0 aromatic heterocycles. The summed E-state index contributed by atoms with van der Waals surface area (Å²) in [7, 11) is 0. The zero-order chi connectivity index (χ0) is 15.2. The highest BCUT2D eigenvalue weighted by Crippen LogP contribution is 2.32. The monoisotopic (exact) mass is 288 g/mol. The van der Waals surface area contributed by atoms with E-state index in [2.05, 4.69) is 10.6 Å². The van der Waals surface area contributed by atoms with Gasteiger partial charge in [0.25, 0.3) is 0 Å². The Bertz CT molecular complexity index is 418. The number of carbonyl (C=O) groups excluding carboxylic acids is 1. The highest BCUT2D eigenvalue weighted by atomic mass is 19.4. The smallest absolute Gasteiger partial charge is 0.355 e. The molecule has 0 saturated heterocycles. The number of alkyl halides is 3. The summed E-state index contributed by atoms with van der Waals surface area (Å²) in [6.45, 7) is 3.90. The molecule has 1 amide bonds. The van der Waals surface area contributed by atoms with Crippen molar-refractivity contribution in [1.29, 1.82) is 0 Å². The third-order valence-corrected chi connectivity index (χ3v) is 2.63. The second kappa shape index (κ2) is 7.28. The van der Waals surface area contributed by atoms with Gasteiger partial charge in [0.2, 0.25) is 5.91 Å². The third kappa shape index (κ3) is 5.61. The Morgan fingerprint density at radius 3 is 2.30 bits per heavy atom. The minimum atomic E-state index is -4.44. The third-order valence-electron chi connectivity index (χ3n) is 2.63. The fourth-order valence-electron chi connectivity index (χ4n) is 1.64. The molecule has 112 valence electrons. The van der Waals surface area contributed by atoms with Crippen molar-refractivity contribution in [3.8, 4) is 0 Å². The number of hydrogen-bond acceptors (Lipinski definition) is 2. The summed E-state index contributed by atoms with van der Waals surface area (Å²) < 4.78 is 38.9. The SMILES string of the molecule is CC(C)CNC(=O)CNC(c1ccccc1)C(F)(F)F. The number of halogens is 3. The van der Waals surface area contributed by atoms with Crippen LogP contribution in [0.2, 0.25) is 0 Å². The van der Waals surface area contributed by atoms with E-state index < -0.39 is 18.1 Å². The van der Waals surface area contributed by atoms with E-state index >= 15 is 0 Å². The van der Waals surface area contributed by atoms with Crippen molar-refractivity contribution in [3.05, 3.63) is 35.9 Å². The second-order valence-electron chi connectivity index (χ2n) is 4.96. The first-order valence-corrected chi connectivity index (χ1v) is 6.42. The molecule has 1 atom stereocenters. The van der Waals surface area contributed by atoms with Gasteiger partial charge in [-0.25, -0.2) is 0 Å². The molecular weight excluding hydrogens is 269 g/mol. The Balaban J connectivity index is 2.62. The molecule has 20 heavy (non-hydrogen) atoms. The largest absolute Gasteiger partial charge is 0.407 e. The Morgan fingerprint density at radius 2 is 1.80 bits per heavy atom. The fourth-order valence-corrected chi connectivity index (χ4v) is 1.64. The molecule has 1 unspecified atom stereocenters. The lowest BCUT2D eigenvalue weighted by molar-refractivity contribution is -0.158. The van der Waals surface area contributed by atoms with Crippen LogP contribution in [0.1, 0.15) is 25.5 Å². The lowest BCUT2D eigenvalue weighted by atomic mass is 10.1. The Hall–Kier alpha value is -1.56. The second-order valence-corrected chi connectivity index (χ2v) is 4.96. The molecule has 0 radical (unpaired) electrons. The summed E-state index contributed by atoms with van der Waals surface area (Å²) in [5.74, 6) is -0.185. The van der Waals surface area contributed by atoms with Gasteiger partial charge in [-0.05, 0) is 11.5 Å². The van der Waals surface area contributed by atoms with Crippen LogP contribution in [0.15, 0.2) is 30.3 Å². The Kier molecular flexibility index (Phi) is 6.01. The molecule has 2 N–H and O–H groups in total. The van der Waals surface area contributed by atoms with E-state index in [4.69, 9.17) is 0 Å². The summed E-state index contributed by atoms with van der Waals surface area (Å²) in [4.78, 5) is 11.5. The van der Waals surface area contributed by atoms with Gasteiger partial charge >= 0.3 is 6.18 Å². The molecule has 0 saturated carbocycles. The Morgan fingerprint density at radius 1 is 1.20 bits per heavy atom. The number of benzene rings is 1. The summed E-state index contributed by atoms with van der Waals surface area (Å²) in [6.07, 6.45) is -4.44. The predicted molar refractivity (Wildman–Crippen MR) is 71.1 cm³/mol. The minimum absolute atomic E-state index is 0.0941. The van der Waals surface area contributed by atoms with Gasteiger partial charge < -0.3 is 5.32 Å². The van der Waals surface area contributed by atoms with Crippen LogP contribution in [0, 0.1) is 5.92 Å². The van der Waals surface area contributed by atoms with Gasteiger partial charge in [-0.2, -0.15) is 13.2 Å². The number of hydrogen-bond donors (Lipinski definition) is 2. The lowest BCUT2D eigenvalue weighted by Gasteiger charge is -2.22. The van der Waals surface area contributed by atoms with E-state index in [0.717, 1.165) is 0 Å². The van der Waals surface area contributed by atoms with E-state index in [1.165, 1.54) is 24.3 Å². The summed E-state index contributed by atoms with van der Waals surface area (Å²) in [5.41, 5.74) is 0.0941. The van der Waals surface area contributed by atoms with Crippen molar-refractivity contribution >= 4 is 5.91 Å². The van der Waals surface area contributed by atoms with Crippen LogP contribution in [-0.4, -0.2) is 25.2 Å². The van der Waals surface area contributed by atoms with Crippen molar-refractivity contribution in [1.82, 2.24) is 10.6 Å². The van der Waals surface area contributed by atoms with E-state index in [1.54, 1.807) is 6.07 Å². The fraction of sp³-hybridized carbons (Fsp3) is 0.500. The van der Waals surface area contributed by atoms with Crippen molar-refractivity contribution in [2.45, 2.75) is 26.1 Å². The average molecular weight is 288 g/mol. The quantitative estimate of drug-likeness (QED) is 0.845. The van der Waals surface area contributed by atoms with Crippen molar-refractivity contribution < 1.29 is 18.0 Å². The normalized spacial score (nSPS) is 13.3. The first-order valence-electron chi connectivity index (χ1n) is 6.42. The lowest BCUT2D eigenvalue weighted by Crippen LogP contribution is -2.41. The first-order chi connectivity index (χ1) is 9.30. The van der Waals surface area contributed by atoms with Crippen LogP contribution in [0.4, 0.5) is 13.2 Å². The molecule has 0 aliphatic rings. The van der Waals surface area contributed by atoms with Gasteiger partial charge in [0.05, 0.1) is 6.54 Å². The van der Waals surface area contributed by atoms with Gasteiger partial charge in [0.15, 0.2) is 0 Å². The predicted octanol–water partition coefficient (Wildman–Crippen LogP) is 2.65. The molecule has 1 aromatic rings. The number of nitrogens with one attached hydrogen (secondary N) is 2. The summed E-state index contributed by atoms with van der Waals surface area (Å²) >= 11 is 0. The average Bonchev–Trinajstić information content (AvgIpc) is 2.36. The van der Waals surface area contributed by atoms with Crippen molar-refractivity contribution in [2.24, 2.45) is 5.92 Å². The van der Waals surface area contributed by atoms with E-state index in [0.29, 0.717) is 6.54 Å². The number of rotatable bonds is 6. The van der Waals surface area contributed by atoms with Crippen molar-refractivity contribution in [3.63, 3.8) is 0 Å². The maximum Gasteiger partial charge on any atom is 0.407 e. The maximum absolute atomic E-state index is 13.0. The van der Waals surface area contributed by atoms with Gasteiger partial charge in [-0.1, -0.05) is 44.2 Å². The van der Waals surface area contributed by atoms with Crippen LogP contribution in [0.3, 0.4) is 0 Å². The molecule has 1 aromatic carbocycles. The highest BCUT2D eigenvalue weighted by Gasteiger charge is 2.40. The highest BCUT2D eigenvalue weighted by molar-refractivity contribution is 5.78. The summed E-state index contributed by atoms with van der Waals surface area (Å²) in [5, 5.41) is 4.83. The van der Waals surface area contributed by atoms with Gasteiger partial charge in [0.1, 0.15) is 6.04 Å². The van der Waals surface area contributed by atoms with E-state index in [9.17, 15) is 18.0 Å². The zero-order valence-corrected chi connectivity index (χ0v) is 11.5. The van der Waals surface area contributed by atoms with Crippen LogP contribution < -0.4 is 10.6 Å². The van der Waals surface area contributed by atoms with Crippen LogP contribution >= 0.6 is 0 Å². The molecule has 0 aliphatic carbocycles. The zero-order valence-electron chi connectivity index (χ0n) is 11.5. The molecule has 6 heteroatoms. The van der Waals surface area contributed by atoms with E-state index in [-0.39, 0.29) is 18.0 Å². The first kappa shape index (κ1) is 16.5. The Labute approximate surface area is 116 Å². The van der Waals surface area contributed by atoms with E-state index in [1.807, 2.05) is 13.8 Å². The molecule has 0 fully saturated rings. The van der Waals surface area contributed by atoms with Crippen LogP contribution in [0.25, 0.3) is 0 Å². The summed E-state index contributed by atoms with van der Waals surface area (Å²) in [6, 6.07) is 5.65. The molecule has 0 aliphatic heterocycles. The maximum atomic E-state index is 13.0. The molecule has 0 spiro atoms. The van der Waals surface area contributed by atoms with Gasteiger partial charge in [-0.3, -0.25) is 10.1 Å². The molecule has 1 rings (SSSR count).